The van der Waals surface area contributed by atoms with Crippen LogP contribution in [0, 0.1) is 5.92 Å². The Labute approximate surface area is 220 Å². The monoisotopic (exact) mass is 554 g/mol. The van der Waals surface area contributed by atoms with Gasteiger partial charge in [-0.25, -0.2) is 21.6 Å². The van der Waals surface area contributed by atoms with E-state index in [-0.39, 0.29) is 23.6 Å². The van der Waals surface area contributed by atoms with E-state index >= 15 is 0 Å². The number of sulfone groups is 1. The standard InChI is InChI=1S/C26H38N2O7S2/c1-5-6-12-21-16-22(35-3)13-14-25(21)37(33,34)27-17-24(29)23(15-20-10-8-7-9-11-20)28-26(30)19(2)18-36(4,31)32/h7-11,13-14,16,19,23-24,27,29H,5-6,12,15,17-18H2,1-4H3,(H,28,30). The number of benzene rings is 2. The van der Waals surface area contributed by atoms with Crippen molar-refractivity contribution in [3.05, 3.63) is 59.7 Å². The summed E-state index contributed by atoms with van der Waals surface area (Å²) in [6.45, 7) is 3.16. The third-order valence-electron chi connectivity index (χ3n) is 5.93. The normalized spacial score (nSPS) is 14.5. The van der Waals surface area contributed by atoms with Crippen LogP contribution in [-0.2, 0) is 37.5 Å². The Hall–Kier alpha value is -2.47. The van der Waals surface area contributed by atoms with Crippen LogP contribution in [0.15, 0.2) is 53.4 Å². The number of aliphatic hydroxyl groups is 1. The highest BCUT2D eigenvalue weighted by Gasteiger charge is 2.28. The van der Waals surface area contributed by atoms with E-state index in [0.717, 1.165) is 24.7 Å². The van der Waals surface area contributed by atoms with Crippen molar-refractivity contribution in [2.75, 3.05) is 25.7 Å². The second kappa shape index (κ2) is 13.9. The highest BCUT2D eigenvalue weighted by atomic mass is 32.2. The Bertz CT molecular complexity index is 1230. The van der Waals surface area contributed by atoms with E-state index in [9.17, 15) is 26.7 Å². The van der Waals surface area contributed by atoms with Crippen LogP contribution in [-0.4, -0.2) is 65.7 Å². The number of amides is 1. The first-order valence-electron chi connectivity index (χ1n) is 12.2. The molecule has 0 heterocycles. The van der Waals surface area contributed by atoms with Gasteiger partial charge in [-0.3, -0.25) is 4.79 Å². The summed E-state index contributed by atoms with van der Waals surface area (Å²) in [6, 6.07) is 13.0. The van der Waals surface area contributed by atoms with Crippen LogP contribution < -0.4 is 14.8 Å². The van der Waals surface area contributed by atoms with Crippen LogP contribution >= 0.6 is 0 Å². The van der Waals surface area contributed by atoms with Crippen LogP contribution in [0.5, 0.6) is 5.75 Å². The first kappa shape index (κ1) is 30.8. The maximum Gasteiger partial charge on any atom is 0.240 e. The largest absolute Gasteiger partial charge is 0.497 e. The van der Waals surface area contributed by atoms with Gasteiger partial charge >= 0.3 is 0 Å². The molecule has 0 spiro atoms. The first-order valence-corrected chi connectivity index (χ1v) is 15.8. The fourth-order valence-corrected chi connectivity index (χ4v) is 6.29. The molecule has 3 N–H and O–H groups in total. The van der Waals surface area contributed by atoms with Gasteiger partial charge in [-0.15, -0.1) is 0 Å². The Balaban J connectivity index is 2.22. The summed E-state index contributed by atoms with van der Waals surface area (Å²) in [5.41, 5.74) is 1.44. The Kier molecular flexibility index (Phi) is 11.5. The zero-order valence-electron chi connectivity index (χ0n) is 21.8. The zero-order valence-corrected chi connectivity index (χ0v) is 23.4. The first-order chi connectivity index (χ1) is 17.4. The van der Waals surface area contributed by atoms with Crippen molar-refractivity contribution in [3.63, 3.8) is 0 Å². The molecule has 2 aromatic rings. The summed E-state index contributed by atoms with van der Waals surface area (Å²) in [7, 11) is -5.84. The molecule has 0 aliphatic carbocycles. The van der Waals surface area contributed by atoms with Gasteiger partial charge in [0.2, 0.25) is 15.9 Å². The van der Waals surface area contributed by atoms with Crippen molar-refractivity contribution in [2.45, 2.75) is 56.6 Å². The van der Waals surface area contributed by atoms with Gasteiger partial charge in [-0.1, -0.05) is 50.6 Å². The second-order valence-corrected chi connectivity index (χ2v) is 13.2. The molecule has 2 rings (SSSR count). The number of nitrogens with one attached hydrogen (secondary N) is 2. The molecule has 37 heavy (non-hydrogen) atoms. The summed E-state index contributed by atoms with van der Waals surface area (Å²) in [6.07, 6.45) is 2.25. The van der Waals surface area contributed by atoms with Gasteiger partial charge in [0.15, 0.2) is 0 Å². The number of aryl methyl sites for hydroxylation is 1. The number of aliphatic hydroxyl groups excluding tert-OH is 1. The number of hydrogen-bond donors (Lipinski definition) is 3. The summed E-state index contributed by atoms with van der Waals surface area (Å²) in [4.78, 5) is 12.8. The van der Waals surface area contributed by atoms with E-state index < -0.39 is 43.8 Å². The number of carbonyl (C=O) groups is 1. The van der Waals surface area contributed by atoms with Gasteiger partial charge in [0.1, 0.15) is 15.6 Å². The van der Waals surface area contributed by atoms with E-state index in [1.165, 1.54) is 20.1 Å². The van der Waals surface area contributed by atoms with Gasteiger partial charge in [0, 0.05) is 18.7 Å². The molecule has 0 saturated heterocycles. The molecule has 11 heteroatoms. The van der Waals surface area contributed by atoms with Gasteiger partial charge in [-0.05, 0) is 48.6 Å². The molecule has 2 aromatic carbocycles. The molecule has 0 aliphatic heterocycles. The Morgan fingerprint density at radius 2 is 1.76 bits per heavy atom. The van der Waals surface area contributed by atoms with Gasteiger partial charge in [0.05, 0.1) is 29.9 Å². The van der Waals surface area contributed by atoms with Crippen molar-refractivity contribution < 1.29 is 31.5 Å². The van der Waals surface area contributed by atoms with Crippen molar-refractivity contribution in [1.82, 2.24) is 10.0 Å². The lowest BCUT2D eigenvalue weighted by Gasteiger charge is -2.26. The summed E-state index contributed by atoms with van der Waals surface area (Å²) < 4.78 is 57.3. The molecule has 0 saturated carbocycles. The minimum absolute atomic E-state index is 0.111. The second-order valence-electron chi connectivity index (χ2n) is 9.29. The predicted molar refractivity (Wildman–Crippen MR) is 144 cm³/mol. The number of sulfonamides is 1. The van der Waals surface area contributed by atoms with Crippen LogP contribution in [0.3, 0.4) is 0 Å². The number of unbranched alkanes of at least 4 members (excludes halogenated alkanes) is 1. The number of carbonyl (C=O) groups excluding carboxylic acids is 1. The fraction of sp³-hybridized carbons (Fsp3) is 0.500. The lowest BCUT2D eigenvalue weighted by Crippen LogP contribution is -2.51. The highest BCUT2D eigenvalue weighted by Crippen LogP contribution is 2.23. The summed E-state index contributed by atoms with van der Waals surface area (Å²) in [5, 5.41) is 13.7. The number of methoxy groups -OCH3 is 1. The van der Waals surface area contributed by atoms with Crippen molar-refractivity contribution in [2.24, 2.45) is 5.92 Å². The number of hydrogen-bond acceptors (Lipinski definition) is 7. The molecule has 9 nitrogen and oxygen atoms in total. The molecule has 206 valence electrons. The molecule has 0 bridgehead atoms. The van der Waals surface area contributed by atoms with Crippen LogP contribution in [0.25, 0.3) is 0 Å². The summed E-state index contributed by atoms with van der Waals surface area (Å²) >= 11 is 0. The van der Waals surface area contributed by atoms with E-state index in [0.29, 0.717) is 17.7 Å². The van der Waals surface area contributed by atoms with Crippen LogP contribution in [0.1, 0.15) is 37.8 Å². The molecule has 0 aromatic heterocycles. The lowest BCUT2D eigenvalue weighted by atomic mass is 10.0. The van der Waals surface area contributed by atoms with E-state index in [1.54, 1.807) is 12.1 Å². The SMILES string of the molecule is CCCCc1cc(OC)ccc1S(=O)(=O)NCC(O)C(Cc1ccccc1)NC(=O)C(C)CS(C)(=O)=O. The minimum atomic E-state index is -3.97. The topological polar surface area (TPSA) is 139 Å². The van der Waals surface area contributed by atoms with E-state index in [4.69, 9.17) is 4.74 Å². The number of ether oxygens (including phenoxy) is 1. The summed E-state index contributed by atoms with van der Waals surface area (Å²) in [5.74, 6) is -1.15. The molecule has 0 aliphatic rings. The predicted octanol–water partition coefficient (Wildman–Crippen LogP) is 2.09. The van der Waals surface area contributed by atoms with E-state index in [2.05, 4.69) is 10.0 Å². The average Bonchev–Trinajstić information content (AvgIpc) is 2.84. The number of rotatable bonds is 15. The molecule has 0 radical (unpaired) electrons. The van der Waals surface area contributed by atoms with Crippen LogP contribution in [0.4, 0.5) is 0 Å². The molecular formula is C26H38N2O7S2. The molecular weight excluding hydrogens is 516 g/mol. The smallest absolute Gasteiger partial charge is 0.240 e. The fourth-order valence-electron chi connectivity index (χ4n) is 3.93. The van der Waals surface area contributed by atoms with Gasteiger partial charge < -0.3 is 15.2 Å². The van der Waals surface area contributed by atoms with Crippen molar-refractivity contribution in [3.8, 4) is 5.75 Å². The Morgan fingerprint density at radius 1 is 1.08 bits per heavy atom. The zero-order chi connectivity index (χ0) is 27.6. The third-order valence-corrected chi connectivity index (χ3v) is 8.56. The maximum absolute atomic E-state index is 13.2. The minimum Gasteiger partial charge on any atom is -0.497 e. The van der Waals surface area contributed by atoms with Gasteiger partial charge in [-0.2, -0.15) is 0 Å². The molecule has 1 amide bonds. The lowest BCUT2D eigenvalue weighted by molar-refractivity contribution is -0.125. The molecule has 3 atom stereocenters. The molecule has 3 unspecified atom stereocenters. The molecule has 0 fully saturated rings. The maximum atomic E-state index is 13.2. The third kappa shape index (κ3) is 10.1. The van der Waals surface area contributed by atoms with Crippen LogP contribution in [0.2, 0.25) is 0 Å². The quantitative estimate of drug-likeness (QED) is 0.306. The van der Waals surface area contributed by atoms with E-state index in [1.807, 2.05) is 37.3 Å². The van der Waals surface area contributed by atoms with Crippen molar-refractivity contribution in [1.29, 1.82) is 0 Å². The highest BCUT2D eigenvalue weighted by molar-refractivity contribution is 7.90. The van der Waals surface area contributed by atoms with Crippen molar-refractivity contribution >= 4 is 25.8 Å². The Morgan fingerprint density at radius 3 is 2.35 bits per heavy atom. The average molecular weight is 555 g/mol. The van der Waals surface area contributed by atoms with Gasteiger partial charge in [0.25, 0.3) is 0 Å².